The number of aliphatic hydroxyl groups is 5. The maximum Gasteiger partial charge on any atom is 0.111 e. The molecule has 0 unspecified atom stereocenters. The molecule has 0 radical (unpaired) electrons. The highest BCUT2D eigenvalue weighted by Crippen LogP contribution is 2.04. The largest absolute Gasteiger partial charge is 0.412 e. The van der Waals surface area contributed by atoms with E-state index in [4.69, 9.17) is 16.7 Å². The molecule has 0 fully saturated rings. The Kier molecular flexibility index (Phi) is 7.90. The summed E-state index contributed by atoms with van der Waals surface area (Å²) >= 11 is 0. The van der Waals surface area contributed by atoms with Crippen LogP contribution in [0.3, 0.4) is 0 Å². The van der Waals surface area contributed by atoms with Gasteiger partial charge >= 0.3 is 0 Å². The molecular formula is C7H19NO6. The second kappa shape index (κ2) is 8.06. The van der Waals surface area contributed by atoms with Crippen LogP contribution in [0.2, 0.25) is 0 Å². The predicted molar refractivity (Wildman–Crippen MR) is 48.7 cm³/mol. The van der Waals surface area contributed by atoms with Crippen LogP contribution in [0.1, 0.15) is 1.37 Å². The fraction of sp³-hybridized carbons (Fsp3) is 1.00. The maximum atomic E-state index is 9.24. The normalized spacial score (nSPS) is 20.2. The molecule has 0 aliphatic rings. The number of hydrogen-bond donors (Lipinski definition) is 6. The van der Waals surface area contributed by atoms with Crippen LogP contribution in [0.4, 0.5) is 0 Å². The minimum Gasteiger partial charge on any atom is -0.412 e. The first-order valence-electron chi connectivity index (χ1n) is 4.58. The molecule has 0 aliphatic carbocycles. The van der Waals surface area contributed by atoms with E-state index in [1.807, 2.05) is 0 Å². The van der Waals surface area contributed by atoms with Crippen molar-refractivity contribution in [1.82, 2.24) is 5.32 Å². The average Bonchev–Trinajstić information content (AvgIpc) is 2.22. The molecule has 0 bridgehead atoms. The van der Waals surface area contributed by atoms with E-state index in [9.17, 15) is 10.2 Å². The van der Waals surface area contributed by atoms with Crippen molar-refractivity contribution in [1.29, 1.82) is 0 Å². The Bertz CT molecular complexity index is 151. The van der Waals surface area contributed by atoms with E-state index in [0.29, 0.717) is 0 Å². The van der Waals surface area contributed by atoms with Crippen LogP contribution in [0.5, 0.6) is 0 Å². The minimum atomic E-state index is -1.61. The maximum absolute atomic E-state index is 9.24. The van der Waals surface area contributed by atoms with Crippen molar-refractivity contribution in [3.8, 4) is 0 Å². The molecule has 0 aromatic carbocycles. The summed E-state index contributed by atoms with van der Waals surface area (Å²) in [6.45, 7) is -0.767. The molecule has 7 heteroatoms. The van der Waals surface area contributed by atoms with E-state index < -0.39 is 31.0 Å². The van der Waals surface area contributed by atoms with Gasteiger partial charge in [-0.15, -0.1) is 0 Å². The Hall–Kier alpha value is -0.280. The van der Waals surface area contributed by atoms with E-state index in [-0.39, 0.29) is 19.0 Å². The molecule has 0 aromatic heterocycles. The van der Waals surface area contributed by atoms with Crippen LogP contribution < -0.4 is 5.32 Å². The third-order valence-corrected chi connectivity index (χ3v) is 1.68. The molecule has 0 saturated carbocycles. The van der Waals surface area contributed by atoms with Crippen LogP contribution in [-0.2, 0) is 0 Å². The van der Waals surface area contributed by atoms with Gasteiger partial charge in [-0.25, -0.2) is 0 Å². The lowest BCUT2D eigenvalue weighted by Gasteiger charge is -2.25. The van der Waals surface area contributed by atoms with Crippen LogP contribution in [-0.4, -0.2) is 75.6 Å². The zero-order valence-electron chi connectivity index (χ0n) is 8.67. The SMILES string of the molecule is O.[2H]CNC[C@H](O)[C@@H](O)[C@H](O)[C@H](O)CO. The van der Waals surface area contributed by atoms with E-state index in [0.717, 1.165) is 0 Å². The lowest BCUT2D eigenvalue weighted by atomic mass is 10.0. The number of hydrogen-bond acceptors (Lipinski definition) is 6. The van der Waals surface area contributed by atoms with Gasteiger partial charge in [0.05, 0.1) is 12.7 Å². The summed E-state index contributed by atoms with van der Waals surface area (Å²) in [5.74, 6) is 0. The van der Waals surface area contributed by atoms with Crippen LogP contribution in [0.15, 0.2) is 0 Å². The summed E-state index contributed by atoms with van der Waals surface area (Å²) < 4.78 is 6.71. The molecule has 0 aromatic rings. The summed E-state index contributed by atoms with van der Waals surface area (Å²) in [5, 5.41) is 47.5. The summed E-state index contributed by atoms with van der Waals surface area (Å²) in [7, 11) is -0.123. The smallest absolute Gasteiger partial charge is 0.111 e. The topological polar surface area (TPSA) is 145 Å². The number of rotatable bonds is 6. The van der Waals surface area contributed by atoms with Crippen molar-refractivity contribution in [2.45, 2.75) is 24.4 Å². The fourth-order valence-corrected chi connectivity index (χ4v) is 0.832. The quantitative estimate of drug-likeness (QED) is 0.264. The van der Waals surface area contributed by atoms with Gasteiger partial charge in [0.15, 0.2) is 0 Å². The molecular weight excluding hydrogens is 194 g/mol. The van der Waals surface area contributed by atoms with Gasteiger partial charge in [0.25, 0.3) is 0 Å². The number of aliphatic hydroxyl groups excluding tert-OH is 5. The summed E-state index contributed by atoms with van der Waals surface area (Å²) in [6, 6.07) is 0. The minimum absolute atomic E-state index is 0. The fourth-order valence-electron chi connectivity index (χ4n) is 0.832. The van der Waals surface area contributed by atoms with E-state index in [1.54, 1.807) is 0 Å². The van der Waals surface area contributed by atoms with Gasteiger partial charge in [-0.1, -0.05) is 0 Å². The highest BCUT2D eigenvalue weighted by Gasteiger charge is 2.29. The third kappa shape index (κ3) is 4.82. The molecule has 0 heterocycles. The number of likely N-dealkylation sites (N-methyl/N-ethyl adjacent to an activating group) is 1. The summed E-state index contributed by atoms with van der Waals surface area (Å²) in [6.07, 6.45) is -5.95. The second-order valence-corrected chi connectivity index (χ2v) is 2.75. The lowest BCUT2D eigenvalue weighted by molar-refractivity contribution is -0.113. The highest BCUT2D eigenvalue weighted by molar-refractivity contribution is 4.81. The summed E-state index contributed by atoms with van der Waals surface area (Å²) in [5.41, 5.74) is 0. The van der Waals surface area contributed by atoms with E-state index in [2.05, 4.69) is 5.32 Å². The van der Waals surface area contributed by atoms with E-state index in [1.165, 1.54) is 0 Å². The number of nitrogens with one attached hydrogen (secondary N) is 1. The molecule has 8 N–H and O–H groups in total. The Morgan fingerprint density at radius 2 is 1.64 bits per heavy atom. The molecule has 7 nitrogen and oxygen atoms in total. The average molecular weight is 214 g/mol. The van der Waals surface area contributed by atoms with Gasteiger partial charge in [-0.05, 0) is 7.02 Å². The lowest BCUT2D eigenvalue weighted by Crippen LogP contribution is -2.48. The predicted octanol–water partition coefficient (Wildman–Crippen LogP) is -4.18. The van der Waals surface area contributed by atoms with Gasteiger partial charge in [0.1, 0.15) is 18.3 Å². The van der Waals surface area contributed by atoms with Crippen molar-refractivity contribution in [2.75, 3.05) is 20.2 Å². The molecule has 88 valence electrons. The van der Waals surface area contributed by atoms with Crippen molar-refractivity contribution in [2.24, 2.45) is 0 Å². The highest BCUT2D eigenvalue weighted by atomic mass is 16.4. The Morgan fingerprint density at radius 3 is 2.07 bits per heavy atom. The Labute approximate surface area is 83.3 Å². The third-order valence-electron chi connectivity index (χ3n) is 1.68. The Morgan fingerprint density at radius 1 is 1.14 bits per heavy atom. The molecule has 0 rings (SSSR count). The van der Waals surface area contributed by atoms with Crippen molar-refractivity contribution >= 4 is 0 Å². The first-order valence-corrected chi connectivity index (χ1v) is 3.87. The first kappa shape index (κ1) is 13.7. The standard InChI is InChI=1S/C7H17NO5.H2O/c1-8-2-4(10)6(12)7(13)5(11)3-9;/h4-13H,2-3H2,1H3;1H2/t4-,5+,6+,7+;/m0./s1/i1D;. The van der Waals surface area contributed by atoms with Gasteiger partial charge in [0, 0.05) is 7.92 Å². The molecule has 0 amide bonds. The van der Waals surface area contributed by atoms with Gasteiger partial charge in [-0.3, -0.25) is 0 Å². The van der Waals surface area contributed by atoms with Crippen molar-refractivity contribution in [3.05, 3.63) is 0 Å². The van der Waals surface area contributed by atoms with E-state index >= 15 is 0 Å². The Balaban J connectivity index is 0. The zero-order valence-corrected chi connectivity index (χ0v) is 7.67. The van der Waals surface area contributed by atoms with Gasteiger partial charge in [-0.2, -0.15) is 0 Å². The molecule has 0 saturated heterocycles. The summed E-state index contributed by atoms with van der Waals surface area (Å²) in [4.78, 5) is 0. The monoisotopic (exact) mass is 214 g/mol. The molecule has 14 heavy (non-hydrogen) atoms. The van der Waals surface area contributed by atoms with Crippen LogP contribution in [0.25, 0.3) is 0 Å². The van der Waals surface area contributed by atoms with Gasteiger partial charge in [0.2, 0.25) is 0 Å². The van der Waals surface area contributed by atoms with Crippen molar-refractivity contribution < 1.29 is 32.4 Å². The van der Waals surface area contributed by atoms with Crippen molar-refractivity contribution in [3.63, 3.8) is 0 Å². The molecule has 4 atom stereocenters. The van der Waals surface area contributed by atoms with Crippen LogP contribution >= 0.6 is 0 Å². The second-order valence-electron chi connectivity index (χ2n) is 2.75. The van der Waals surface area contributed by atoms with Crippen LogP contribution in [0, 0.1) is 0 Å². The first-order chi connectivity index (χ1) is 6.54. The van der Waals surface area contributed by atoms with Gasteiger partial charge < -0.3 is 36.3 Å². The molecule has 0 aliphatic heterocycles. The zero-order chi connectivity index (χ0) is 11.1. The molecule has 0 spiro atoms.